The quantitative estimate of drug-likeness (QED) is 0.694. The third-order valence-electron chi connectivity index (χ3n) is 4.30. The van der Waals surface area contributed by atoms with Gasteiger partial charge in [-0.2, -0.15) is 5.10 Å². The van der Waals surface area contributed by atoms with Crippen molar-refractivity contribution in [1.29, 1.82) is 0 Å². The number of aryl methyl sites for hydroxylation is 2. The SMILES string of the molecule is Cc1ccc(NC(=O)CN(C)Cc2c(C)nn(-c3ccccc3)c2Cl)cc1. The molecule has 1 N–H and O–H groups in total. The number of nitrogens with zero attached hydrogens (tertiary/aromatic N) is 3. The maximum atomic E-state index is 12.3. The van der Waals surface area contributed by atoms with Crippen molar-refractivity contribution in [3.63, 3.8) is 0 Å². The number of amides is 1. The molecule has 0 saturated heterocycles. The van der Waals surface area contributed by atoms with Gasteiger partial charge in [-0.15, -0.1) is 0 Å². The van der Waals surface area contributed by atoms with Crippen LogP contribution in [-0.2, 0) is 11.3 Å². The minimum Gasteiger partial charge on any atom is -0.325 e. The summed E-state index contributed by atoms with van der Waals surface area (Å²) in [5.41, 5.74) is 4.65. The average Bonchev–Trinajstić information content (AvgIpc) is 2.92. The van der Waals surface area contributed by atoms with Gasteiger partial charge in [0.1, 0.15) is 5.15 Å². The molecule has 1 aromatic heterocycles. The van der Waals surface area contributed by atoms with Gasteiger partial charge in [-0.1, -0.05) is 47.5 Å². The fraction of sp³-hybridized carbons (Fsp3) is 0.238. The molecule has 0 aliphatic carbocycles. The Bertz CT molecular complexity index is 919. The number of carbonyl (C=O) groups excluding carboxylic acids is 1. The number of anilines is 1. The van der Waals surface area contributed by atoms with Gasteiger partial charge in [-0.3, -0.25) is 9.69 Å². The number of rotatable bonds is 6. The van der Waals surface area contributed by atoms with Gasteiger partial charge >= 0.3 is 0 Å². The Morgan fingerprint density at radius 1 is 1.11 bits per heavy atom. The molecule has 2 aromatic carbocycles. The lowest BCUT2D eigenvalue weighted by atomic mass is 10.2. The second-order valence-corrected chi connectivity index (χ2v) is 7.05. The summed E-state index contributed by atoms with van der Waals surface area (Å²) in [5.74, 6) is -0.0643. The number of likely N-dealkylation sites (N-methyl/N-ethyl adjacent to an activating group) is 1. The van der Waals surface area contributed by atoms with Crippen LogP contribution >= 0.6 is 11.6 Å². The Morgan fingerprint density at radius 3 is 2.44 bits per heavy atom. The predicted molar refractivity (Wildman–Crippen MR) is 109 cm³/mol. The maximum Gasteiger partial charge on any atom is 0.238 e. The molecule has 27 heavy (non-hydrogen) atoms. The monoisotopic (exact) mass is 382 g/mol. The first kappa shape index (κ1) is 19.1. The number of benzene rings is 2. The summed E-state index contributed by atoms with van der Waals surface area (Å²) in [7, 11) is 1.89. The Hall–Kier alpha value is -2.63. The van der Waals surface area contributed by atoms with Gasteiger partial charge in [0.05, 0.1) is 17.9 Å². The number of hydrogen-bond acceptors (Lipinski definition) is 3. The van der Waals surface area contributed by atoms with Crippen molar-refractivity contribution < 1.29 is 4.79 Å². The van der Waals surface area contributed by atoms with Crippen molar-refractivity contribution in [3.8, 4) is 5.69 Å². The van der Waals surface area contributed by atoms with Crippen LogP contribution in [0, 0.1) is 13.8 Å². The molecule has 3 rings (SSSR count). The van der Waals surface area contributed by atoms with Gasteiger partial charge in [0.25, 0.3) is 0 Å². The summed E-state index contributed by atoms with van der Waals surface area (Å²) in [6.45, 7) is 4.75. The van der Waals surface area contributed by atoms with Crippen molar-refractivity contribution in [2.75, 3.05) is 18.9 Å². The number of hydrogen-bond donors (Lipinski definition) is 1. The van der Waals surface area contributed by atoms with Crippen LogP contribution in [-0.4, -0.2) is 34.2 Å². The van der Waals surface area contributed by atoms with Crippen LogP contribution in [0.5, 0.6) is 0 Å². The zero-order valence-electron chi connectivity index (χ0n) is 15.7. The van der Waals surface area contributed by atoms with Gasteiger partial charge in [-0.05, 0) is 45.2 Å². The molecule has 1 amide bonds. The molecule has 5 nitrogen and oxygen atoms in total. The topological polar surface area (TPSA) is 50.2 Å². The van der Waals surface area contributed by atoms with Crippen LogP contribution in [0.25, 0.3) is 5.69 Å². The summed E-state index contributed by atoms with van der Waals surface area (Å²) < 4.78 is 1.73. The molecular weight excluding hydrogens is 360 g/mol. The Morgan fingerprint density at radius 2 is 1.78 bits per heavy atom. The summed E-state index contributed by atoms with van der Waals surface area (Å²) in [6, 6.07) is 17.5. The van der Waals surface area contributed by atoms with E-state index in [1.165, 1.54) is 0 Å². The van der Waals surface area contributed by atoms with E-state index < -0.39 is 0 Å². The van der Waals surface area contributed by atoms with Crippen molar-refractivity contribution in [3.05, 3.63) is 76.6 Å². The largest absolute Gasteiger partial charge is 0.325 e. The highest BCUT2D eigenvalue weighted by atomic mass is 35.5. The first-order valence-electron chi connectivity index (χ1n) is 8.78. The summed E-state index contributed by atoms with van der Waals surface area (Å²) in [6.07, 6.45) is 0. The van der Waals surface area contributed by atoms with Crippen molar-refractivity contribution in [2.24, 2.45) is 0 Å². The number of para-hydroxylation sites is 1. The van der Waals surface area contributed by atoms with E-state index in [4.69, 9.17) is 11.6 Å². The normalized spacial score (nSPS) is 11.0. The van der Waals surface area contributed by atoms with E-state index in [2.05, 4.69) is 10.4 Å². The van der Waals surface area contributed by atoms with Gasteiger partial charge in [0, 0.05) is 17.8 Å². The molecule has 0 bridgehead atoms. The predicted octanol–water partition coefficient (Wildman–Crippen LogP) is 4.21. The fourth-order valence-electron chi connectivity index (χ4n) is 2.86. The number of carbonyl (C=O) groups is 1. The molecule has 3 aromatic rings. The van der Waals surface area contributed by atoms with E-state index in [0.717, 1.165) is 28.2 Å². The van der Waals surface area contributed by atoms with E-state index >= 15 is 0 Å². The lowest BCUT2D eigenvalue weighted by molar-refractivity contribution is -0.117. The Balaban J connectivity index is 1.65. The highest BCUT2D eigenvalue weighted by molar-refractivity contribution is 6.30. The van der Waals surface area contributed by atoms with Crippen LogP contribution in [0.1, 0.15) is 16.8 Å². The summed E-state index contributed by atoms with van der Waals surface area (Å²) >= 11 is 6.56. The first-order chi connectivity index (χ1) is 12.9. The van der Waals surface area contributed by atoms with Crippen LogP contribution in [0.15, 0.2) is 54.6 Å². The highest BCUT2D eigenvalue weighted by Gasteiger charge is 2.17. The van der Waals surface area contributed by atoms with E-state index in [1.54, 1.807) is 4.68 Å². The smallest absolute Gasteiger partial charge is 0.238 e. The molecule has 0 radical (unpaired) electrons. The lowest BCUT2D eigenvalue weighted by Gasteiger charge is -2.16. The second kappa shape index (κ2) is 8.37. The molecular formula is C21H23ClN4O. The number of halogens is 1. The first-order valence-corrected chi connectivity index (χ1v) is 9.16. The second-order valence-electron chi connectivity index (χ2n) is 6.69. The summed E-state index contributed by atoms with van der Waals surface area (Å²) in [5, 5.41) is 8.03. The molecule has 0 aliphatic rings. The average molecular weight is 383 g/mol. The minimum atomic E-state index is -0.0643. The minimum absolute atomic E-state index is 0.0643. The van der Waals surface area contributed by atoms with Crippen LogP contribution in [0.2, 0.25) is 5.15 Å². The third-order valence-corrected chi connectivity index (χ3v) is 4.69. The van der Waals surface area contributed by atoms with Gasteiger partial charge in [0.15, 0.2) is 0 Å². The van der Waals surface area contributed by atoms with Crippen LogP contribution in [0.3, 0.4) is 0 Å². The molecule has 0 unspecified atom stereocenters. The van der Waals surface area contributed by atoms with E-state index in [1.807, 2.05) is 80.4 Å². The standard InChI is InChI=1S/C21H23ClN4O/c1-15-9-11-17(12-10-15)23-20(27)14-25(3)13-19-16(2)24-26(21(19)22)18-7-5-4-6-8-18/h4-12H,13-14H2,1-3H3,(H,23,27). The van der Waals surface area contributed by atoms with Gasteiger partial charge in [0.2, 0.25) is 5.91 Å². The molecule has 1 heterocycles. The number of nitrogens with one attached hydrogen (secondary N) is 1. The Kier molecular flexibility index (Phi) is 5.94. The van der Waals surface area contributed by atoms with Crippen molar-refractivity contribution >= 4 is 23.2 Å². The summed E-state index contributed by atoms with van der Waals surface area (Å²) in [4.78, 5) is 14.2. The molecule has 140 valence electrons. The van der Waals surface area contributed by atoms with Crippen molar-refractivity contribution in [2.45, 2.75) is 20.4 Å². The van der Waals surface area contributed by atoms with E-state index in [0.29, 0.717) is 11.7 Å². The maximum absolute atomic E-state index is 12.3. The van der Waals surface area contributed by atoms with Gasteiger partial charge < -0.3 is 5.32 Å². The molecule has 0 spiro atoms. The number of aromatic nitrogens is 2. The molecule has 0 fully saturated rings. The molecule has 0 saturated carbocycles. The fourth-order valence-corrected chi connectivity index (χ4v) is 3.19. The van der Waals surface area contributed by atoms with Gasteiger partial charge in [-0.25, -0.2) is 4.68 Å². The zero-order valence-corrected chi connectivity index (χ0v) is 16.5. The molecule has 6 heteroatoms. The van der Waals surface area contributed by atoms with Crippen LogP contribution < -0.4 is 5.32 Å². The van der Waals surface area contributed by atoms with Crippen LogP contribution in [0.4, 0.5) is 5.69 Å². The Labute approximate surface area is 164 Å². The van der Waals surface area contributed by atoms with E-state index in [-0.39, 0.29) is 12.5 Å². The van der Waals surface area contributed by atoms with E-state index in [9.17, 15) is 4.79 Å². The lowest BCUT2D eigenvalue weighted by Crippen LogP contribution is -2.30. The molecule has 0 aliphatic heterocycles. The third kappa shape index (κ3) is 4.76. The molecule has 0 atom stereocenters. The zero-order chi connectivity index (χ0) is 19.4. The van der Waals surface area contributed by atoms with Crippen molar-refractivity contribution in [1.82, 2.24) is 14.7 Å². The highest BCUT2D eigenvalue weighted by Crippen LogP contribution is 2.24.